The van der Waals surface area contributed by atoms with Crippen molar-refractivity contribution in [1.29, 1.82) is 5.26 Å². The summed E-state index contributed by atoms with van der Waals surface area (Å²) in [5, 5.41) is 8.91. The Morgan fingerprint density at radius 3 is 2.95 bits per heavy atom. The monoisotopic (exact) mass is 254 g/mol. The van der Waals surface area contributed by atoms with Crippen molar-refractivity contribution in [2.45, 2.75) is 13.0 Å². The van der Waals surface area contributed by atoms with E-state index in [1.807, 2.05) is 36.7 Å². The summed E-state index contributed by atoms with van der Waals surface area (Å²) in [5.74, 6) is 1.08. The van der Waals surface area contributed by atoms with Gasteiger partial charge >= 0.3 is 0 Å². The van der Waals surface area contributed by atoms with Gasteiger partial charge in [0.25, 0.3) is 0 Å². The van der Waals surface area contributed by atoms with Gasteiger partial charge in [-0.2, -0.15) is 5.26 Å². The largest absolute Gasteiger partial charge is 0.330 e. The normalized spacial score (nSPS) is 10.6. The van der Waals surface area contributed by atoms with Crippen molar-refractivity contribution in [2.24, 2.45) is 0 Å². The van der Waals surface area contributed by atoms with E-state index in [4.69, 9.17) is 5.26 Å². The van der Waals surface area contributed by atoms with E-state index in [0.717, 1.165) is 30.9 Å². The molecule has 0 saturated carbocycles. The third-order valence-electron chi connectivity index (χ3n) is 2.99. The van der Waals surface area contributed by atoms with Crippen LogP contribution in [0.2, 0.25) is 0 Å². The maximum Gasteiger partial charge on any atom is 0.110 e. The average Bonchev–Trinajstić information content (AvgIpc) is 2.84. The fourth-order valence-corrected chi connectivity index (χ4v) is 1.97. The molecule has 1 aromatic carbocycles. The van der Waals surface area contributed by atoms with Gasteiger partial charge in [0, 0.05) is 31.9 Å². The molecule has 2 rings (SSSR count). The summed E-state index contributed by atoms with van der Waals surface area (Å²) in [6.07, 6.45) is 4.75. The van der Waals surface area contributed by atoms with Crippen LogP contribution in [0.4, 0.5) is 0 Å². The maximum absolute atomic E-state index is 8.91. The lowest BCUT2D eigenvalue weighted by Crippen LogP contribution is -2.17. The van der Waals surface area contributed by atoms with E-state index in [1.165, 1.54) is 0 Å². The molecule has 19 heavy (non-hydrogen) atoms. The summed E-state index contributed by atoms with van der Waals surface area (Å²) in [5.41, 5.74) is 1.83. The van der Waals surface area contributed by atoms with Crippen LogP contribution < -0.4 is 0 Å². The highest BCUT2D eigenvalue weighted by atomic mass is 15.1. The summed E-state index contributed by atoms with van der Waals surface area (Å²) in [6, 6.07) is 9.88. The number of imidazole rings is 1. The minimum Gasteiger partial charge on any atom is -0.330 e. The highest BCUT2D eigenvalue weighted by molar-refractivity contribution is 5.32. The molecule has 0 atom stereocenters. The van der Waals surface area contributed by atoms with Crippen LogP contribution in [-0.4, -0.2) is 35.1 Å². The van der Waals surface area contributed by atoms with E-state index < -0.39 is 0 Å². The molecule has 0 aliphatic heterocycles. The minimum atomic E-state index is 0.701. The third kappa shape index (κ3) is 3.67. The van der Waals surface area contributed by atoms with Crippen molar-refractivity contribution in [3.63, 3.8) is 0 Å². The Kier molecular flexibility index (Phi) is 4.32. The highest BCUT2D eigenvalue weighted by Gasteiger charge is 2.04. The Morgan fingerprint density at radius 2 is 2.21 bits per heavy atom. The number of likely N-dealkylation sites (N-methyl/N-ethyl adjacent to an activating group) is 1. The average molecular weight is 254 g/mol. The molecule has 4 heteroatoms. The van der Waals surface area contributed by atoms with E-state index in [2.05, 4.69) is 34.6 Å². The fraction of sp³-hybridized carbons (Fsp3) is 0.333. The summed E-state index contributed by atoms with van der Waals surface area (Å²) < 4.78 is 2.14. The number of nitriles is 1. The number of benzene rings is 1. The predicted molar refractivity (Wildman–Crippen MR) is 74.7 cm³/mol. The zero-order valence-electron chi connectivity index (χ0n) is 11.4. The zero-order valence-corrected chi connectivity index (χ0v) is 11.4. The summed E-state index contributed by atoms with van der Waals surface area (Å²) >= 11 is 0. The summed E-state index contributed by atoms with van der Waals surface area (Å²) in [4.78, 5) is 6.55. The van der Waals surface area contributed by atoms with Crippen LogP contribution in [-0.2, 0) is 13.0 Å². The molecule has 1 heterocycles. The standard InChI is InChI=1S/C15H18N4/c1-18(2)8-6-15-17-7-9-19(15)12-14-5-3-4-13(10-14)11-16/h3-5,7,9-10H,6,8,12H2,1-2H3. The second-order valence-corrected chi connectivity index (χ2v) is 4.84. The molecule has 0 amide bonds. The van der Waals surface area contributed by atoms with Gasteiger partial charge in [0.2, 0.25) is 0 Å². The van der Waals surface area contributed by atoms with Gasteiger partial charge in [-0.25, -0.2) is 4.98 Å². The Labute approximate surface area is 113 Å². The number of aromatic nitrogens is 2. The molecule has 0 bridgehead atoms. The summed E-state index contributed by atoms with van der Waals surface area (Å²) in [6.45, 7) is 1.74. The molecule has 0 aliphatic rings. The van der Waals surface area contributed by atoms with Crippen molar-refractivity contribution >= 4 is 0 Å². The first kappa shape index (κ1) is 13.3. The van der Waals surface area contributed by atoms with Crippen molar-refractivity contribution in [3.05, 3.63) is 53.6 Å². The van der Waals surface area contributed by atoms with E-state index >= 15 is 0 Å². The molecule has 4 nitrogen and oxygen atoms in total. The van der Waals surface area contributed by atoms with Gasteiger partial charge < -0.3 is 9.47 Å². The number of rotatable bonds is 5. The Bertz CT molecular complexity index is 578. The molecule has 2 aromatic rings. The smallest absolute Gasteiger partial charge is 0.110 e. The Morgan fingerprint density at radius 1 is 1.37 bits per heavy atom. The second-order valence-electron chi connectivity index (χ2n) is 4.84. The molecule has 0 saturated heterocycles. The molecule has 1 aromatic heterocycles. The molecule has 0 N–H and O–H groups in total. The van der Waals surface area contributed by atoms with Crippen molar-refractivity contribution in [2.75, 3.05) is 20.6 Å². The van der Waals surface area contributed by atoms with Crippen LogP contribution in [0.5, 0.6) is 0 Å². The minimum absolute atomic E-state index is 0.701. The van der Waals surface area contributed by atoms with Gasteiger partial charge in [0.15, 0.2) is 0 Å². The number of hydrogen-bond donors (Lipinski definition) is 0. The first-order valence-electron chi connectivity index (χ1n) is 6.33. The van der Waals surface area contributed by atoms with Gasteiger partial charge in [-0.3, -0.25) is 0 Å². The fourth-order valence-electron chi connectivity index (χ4n) is 1.97. The van der Waals surface area contributed by atoms with Crippen LogP contribution in [0, 0.1) is 11.3 Å². The van der Waals surface area contributed by atoms with Gasteiger partial charge in [-0.1, -0.05) is 12.1 Å². The van der Waals surface area contributed by atoms with E-state index in [-0.39, 0.29) is 0 Å². The van der Waals surface area contributed by atoms with Crippen LogP contribution in [0.3, 0.4) is 0 Å². The van der Waals surface area contributed by atoms with Gasteiger partial charge in [-0.15, -0.1) is 0 Å². The second kappa shape index (κ2) is 6.17. The van der Waals surface area contributed by atoms with Crippen LogP contribution >= 0.6 is 0 Å². The molecule has 0 fully saturated rings. The topological polar surface area (TPSA) is 44.9 Å². The summed E-state index contributed by atoms with van der Waals surface area (Å²) in [7, 11) is 4.12. The van der Waals surface area contributed by atoms with Gasteiger partial charge in [0.05, 0.1) is 11.6 Å². The lowest BCUT2D eigenvalue weighted by atomic mass is 10.1. The first-order valence-corrected chi connectivity index (χ1v) is 6.33. The van der Waals surface area contributed by atoms with Crippen molar-refractivity contribution in [3.8, 4) is 6.07 Å². The number of nitrogens with zero attached hydrogens (tertiary/aromatic N) is 4. The molecule has 0 aliphatic carbocycles. The molecular weight excluding hydrogens is 236 g/mol. The lowest BCUT2D eigenvalue weighted by Gasteiger charge is -2.11. The van der Waals surface area contributed by atoms with Crippen molar-refractivity contribution in [1.82, 2.24) is 14.5 Å². The molecule has 0 unspecified atom stereocenters. The van der Waals surface area contributed by atoms with Gasteiger partial charge in [0.1, 0.15) is 5.82 Å². The Balaban J connectivity index is 2.10. The molecule has 0 radical (unpaired) electrons. The van der Waals surface area contributed by atoms with Crippen molar-refractivity contribution < 1.29 is 0 Å². The molecule has 0 spiro atoms. The highest BCUT2D eigenvalue weighted by Crippen LogP contribution is 2.09. The SMILES string of the molecule is CN(C)CCc1nccn1Cc1cccc(C#N)c1. The number of hydrogen-bond acceptors (Lipinski definition) is 3. The molecule has 98 valence electrons. The first-order chi connectivity index (χ1) is 9.19. The maximum atomic E-state index is 8.91. The van der Waals surface area contributed by atoms with Gasteiger partial charge in [-0.05, 0) is 31.8 Å². The van der Waals surface area contributed by atoms with E-state index in [9.17, 15) is 0 Å². The van der Waals surface area contributed by atoms with Crippen LogP contribution in [0.1, 0.15) is 17.0 Å². The van der Waals surface area contributed by atoms with Crippen LogP contribution in [0.25, 0.3) is 0 Å². The predicted octanol–water partition coefficient (Wildman–Crippen LogP) is 1.91. The van der Waals surface area contributed by atoms with E-state index in [0.29, 0.717) is 5.56 Å². The lowest BCUT2D eigenvalue weighted by molar-refractivity contribution is 0.406. The van der Waals surface area contributed by atoms with E-state index in [1.54, 1.807) is 0 Å². The Hall–Kier alpha value is -2.12. The molecular formula is C15H18N4. The zero-order chi connectivity index (χ0) is 13.7. The third-order valence-corrected chi connectivity index (χ3v) is 2.99. The van der Waals surface area contributed by atoms with Crippen LogP contribution in [0.15, 0.2) is 36.7 Å². The quantitative estimate of drug-likeness (QED) is 0.818.